The first-order valence-electron chi connectivity index (χ1n) is 7.65. The number of hydrogen-bond donors (Lipinski definition) is 1. The molecular formula is C15H19N5O3S. The minimum atomic E-state index is -3.28. The molecule has 2 aromatic rings. The zero-order chi connectivity index (χ0) is 17.3. The summed E-state index contributed by atoms with van der Waals surface area (Å²) in [5, 5.41) is 10.6. The van der Waals surface area contributed by atoms with Crippen LogP contribution in [0.5, 0.6) is 0 Å². The van der Waals surface area contributed by atoms with Crippen LogP contribution in [0.2, 0.25) is 0 Å². The molecule has 24 heavy (non-hydrogen) atoms. The second kappa shape index (κ2) is 6.23. The van der Waals surface area contributed by atoms with Crippen LogP contribution < -0.4 is 9.62 Å². The average molecular weight is 349 g/mol. The van der Waals surface area contributed by atoms with E-state index in [1.54, 1.807) is 24.5 Å². The van der Waals surface area contributed by atoms with Crippen molar-refractivity contribution in [2.45, 2.75) is 26.4 Å². The standard InChI is InChI=1S/C15H19N5O3S/c1-3-19-10-17-18-14(19)9-16-15(21)12-4-5-13-11(8-12)6-7-20(13)24(2,22)23/h4-5,8,10H,3,6-7,9H2,1-2H3,(H,16,21). The molecule has 0 radical (unpaired) electrons. The molecule has 0 bridgehead atoms. The third kappa shape index (κ3) is 3.12. The van der Waals surface area contributed by atoms with Gasteiger partial charge < -0.3 is 9.88 Å². The molecule has 1 aliphatic rings. The lowest BCUT2D eigenvalue weighted by atomic mass is 10.1. The molecule has 1 amide bonds. The van der Waals surface area contributed by atoms with E-state index >= 15 is 0 Å². The number of carbonyl (C=O) groups excluding carboxylic acids is 1. The molecule has 0 spiro atoms. The summed E-state index contributed by atoms with van der Waals surface area (Å²) < 4.78 is 26.7. The van der Waals surface area contributed by atoms with Gasteiger partial charge in [0.1, 0.15) is 6.33 Å². The number of anilines is 1. The Hall–Kier alpha value is -2.42. The summed E-state index contributed by atoms with van der Waals surface area (Å²) in [6.07, 6.45) is 3.41. The molecule has 0 fully saturated rings. The largest absolute Gasteiger partial charge is 0.345 e. The van der Waals surface area contributed by atoms with Crippen molar-refractivity contribution in [1.29, 1.82) is 0 Å². The Morgan fingerprint density at radius 2 is 2.17 bits per heavy atom. The normalized spacial score (nSPS) is 13.8. The molecule has 1 aromatic heterocycles. The van der Waals surface area contributed by atoms with Gasteiger partial charge in [-0.3, -0.25) is 9.10 Å². The number of aryl methyl sites for hydroxylation is 1. The monoisotopic (exact) mass is 349 g/mol. The Labute approximate surface area is 140 Å². The second-order valence-corrected chi connectivity index (χ2v) is 7.55. The number of nitrogens with zero attached hydrogens (tertiary/aromatic N) is 4. The summed E-state index contributed by atoms with van der Waals surface area (Å²) in [4.78, 5) is 12.3. The number of aromatic nitrogens is 3. The maximum atomic E-state index is 12.3. The van der Waals surface area contributed by atoms with Gasteiger partial charge in [-0.1, -0.05) is 0 Å². The lowest BCUT2D eigenvalue weighted by molar-refractivity contribution is 0.0949. The van der Waals surface area contributed by atoms with E-state index in [1.807, 2.05) is 11.5 Å². The predicted octanol–water partition coefficient (Wildman–Crippen LogP) is 0.550. The van der Waals surface area contributed by atoms with Gasteiger partial charge in [0.25, 0.3) is 5.91 Å². The van der Waals surface area contributed by atoms with Gasteiger partial charge in [-0.2, -0.15) is 0 Å². The number of nitrogens with one attached hydrogen (secondary N) is 1. The first-order valence-corrected chi connectivity index (χ1v) is 9.50. The summed E-state index contributed by atoms with van der Waals surface area (Å²) in [7, 11) is -3.28. The van der Waals surface area contributed by atoms with Crippen LogP contribution in [0.4, 0.5) is 5.69 Å². The van der Waals surface area contributed by atoms with E-state index in [0.29, 0.717) is 36.6 Å². The third-order valence-electron chi connectivity index (χ3n) is 4.04. The minimum Gasteiger partial charge on any atom is -0.345 e. The molecule has 0 unspecified atom stereocenters. The highest BCUT2D eigenvalue weighted by Crippen LogP contribution is 2.30. The maximum absolute atomic E-state index is 12.3. The highest BCUT2D eigenvalue weighted by Gasteiger charge is 2.26. The maximum Gasteiger partial charge on any atom is 0.251 e. The van der Waals surface area contributed by atoms with Crippen LogP contribution in [-0.2, 0) is 29.5 Å². The zero-order valence-electron chi connectivity index (χ0n) is 13.6. The number of sulfonamides is 1. The van der Waals surface area contributed by atoms with Crippen LogP contribution in [-0.4, -0.2) is 41.9 Å². The molecule has 2 heterocycles. The van der Waals surface area contributed by atoms with Crippen LogP contribution in [0.15, 0.2) is 24.5 Å². The van der Waals surface area contributed by atoms with Crippen molar-refractivity contribution < 1.29 is 13.2 Å². The molecule has 1 aliphatic heterocycles. The van der Waals surface area contributed by atoms with Crippen LogP contribution in [0.25, 0.3) is 0 Å². The van der Waals surface area contributed by atoms with Gasteiger partial charge in [0.2, 0.25) is 10.0 Å². The molecule has 128 valence electrons. The number of hydrogen-bond acceptors (Lipinski definition) is 5. The van der Waals surface area contributed by atoms with Gasteiger partial charge in [0.05, 0.1) is 18.5 Å². The third-order valence-corrected chi connectivity index (χ3v) is 5.22. The van der Waals surface area contributed by atoms with Crippen molar-refractivity contribution in [3.05, 3.63) is 41.5 Å². The van der Waals surface area contributed by atoms with Crippen LogP contribution in [0.1, 0.15) is 28.7 Å². The predicted molar refractivity (Wildman–Crippen MR) is 89.2 cm³/mol. The molecule has 8 nitrogen and oxygen atoms in total. The second-order valence-electron chi connectivity index (χ2n) is 5.64. The van der Waals surface area contributed by atoms with Crippen molar-refractivity contribution in [3.63, 3.8) is 0 Å². The Balaban J connectivity index is 1.73. The molecule has 0 saturated heterocycles. The fraction of sp³-hybridized carbons (Fsp3) is 0.400. The van der Waals surface area contributed by atoms with Gasteiger partial charge in [-0.25, -0.2) is 8.42 Å². The summed E-state index contributed by atoms with van der Waals surface area (Å²) in [5.74, 6) is 0.469. The highest BCUT2D eigenvalue weighted by molar-refractivity contribution is 7.92. The first kappa shape index (κ1) is 16.4. The Morgan fingerprint density at radius 3 is 2.88 bits per heavy atom. The van der Waals surface area contributed by atoms with E-state index in [4.69, 9.17) is 0 Å². The Morgan fingerprint density at radius 1 is 1.38 bits per heavy atom. The Kier molecular flexibility index (Phi) is 4.27. The van der Waals surface area contributed by atoms with E-state index in [2.05, 4.69) is 15.5 Å². The molecule has 3 rings (SSSR count). The van der Waals surface area contributed by atoms with E-state index in [9.17, 15) is 13.2 Å². The number of carbonyl (C=O) groups is 1. The molecule has 0 saturated carbocycles. The van der Waals surface area contributed by atoms with Crippen LogP contribution >= 0.6 is 0 Å². The van der Waals surface area contributed by atoms with Crippen LogP contribution in [0.3, 0.4) is 0 Å². The van der Waals surface area contributed by atoms with Crippen molar-refractivity contribution in [3.8, 4) is 0 Å². The topological polar surface area (TPSA) is 97.2 Å². The molecule has 0 atom stereocenters. The SMILES string of the molecule is CCn1cnnc1CNC(=O)c1ccc2c(c1)CCN2S(C)(=O)=O. The number of benzene rings is 1. The Bertz CT molecular complexity index is 875. The van der Waals surface area contributed by atoms with Crippen molar-refractivity contribution >= 4 is 21.6 Å². The minimum absolute atomic E-state index is 0.221. The summed E-state index contributed by atoms with van der Waals surface area (Å²) in [5.41, 5.74) is 2.02. The summed E-state index contributed by atoms with van der Waals surface area (Å²) >= 11 is 0. The summed E-state index contributed by atoms with van der Waals surface area (Å²) in [6, 6.07) is 5.08. The highest BCUT2D eigenvalue weighted by atomic mass is 32.2. The number of rotatable bonds is 5. The molecular weight excluding hydrogens is 330 g/mol. The fourth-order valence-electron chi connectivity index (χ4n) is 2.80. The van der Waals surface area contributed by atoms with Gasteiger partial charge in [-0.15, -0.1) is 10.2 Å². The molecule has 9 heteroatoms. The zero-order valence-corrected chi connectivity index (χ0v) is 14.4. The van der Waals surface area contributed by atoms with Gasteiger partial charge in [-0.05, 0) is 37.1 Å². The van der Waals surface area contributed by atoms with Gasteiger partial charge >= 0.3 is 0 Å². The van der Waals surface area contributed by atoms with Crippen LogP contribution in [0, 0.1) is 0 Å². The molecule has 0 aliphatic carbocycles. The number of fused-ring (bicyclic) bond motifs is 1. The van der Waals surface area contributed by atoms with Gasteiger partial charge in [0, 0.05) is 18.7 Å². The van der Waals surface area contributed by atoms with E-state index < -0.39 is 10.0 Å². The lowest BCUT2D eigenvalue weighted by Gasteiger charge is -2.16. The molecule has 1 N–H and O–H groups in total. The smallest absolute Gasteiger partial charge is 0.251 e. The average Bonchev–Trinajstić information content (AvgIpc) is 3.17. The fourth-order valence-corrected chi connectivity index (χ4v) is 3.76. The van der Waals surface area contributed by atoms with Crippen molar-refractivity contribution in [2.24, 2.45) is 0 Å². The summed E-state index contributed by atoms with van der Waals surface area (Å²) in [6.45, 7) is 3.42. The van der Waals surface area contributed by atoms with Crippen molar-refractivity contribution in [2.75, 3.05) is 17.1 Å². The number of amides is 1. The lowest BCUT2D eigenvalue weighted by Crippen LogP contribution is -2.27. The first-order chi connectivity index (χ1) is 11.4. The molecule has 1 aromatic carbocycles. The van der Waals surface area contributed by atoms with E-state index in [0.717, 1.165) is 12.1 Å². The quantitative estimate of drug-likeness (QED) is 0.850. The van der Waals surface area contributed by atoms with E-state index in [-0.39, 0.29) is 5.91 Å². The van der Waals surface area contributed by atoms with E-state index in [1.165, 1.54) is 10.6 Å². The van der Waals surface area contributed by atoms with Crippen molar-refractivity contribution in [1.82, 2.24) is 20.1 Å². The van der Waals surface area contributed by atoms with Gasteiger partial charge in [0.15, 0.2) is 5.82 Å².